The number of carboxylic acid groups (broad SMARTS) is 1. The summed E-state index contributed by atoms with van der Waals surface area (Å²) in [4.78, 5) is 38.2. The molecule has 0 saturated heterocycles. The molecule has 6 nitrogen and oxygen atoms in total. The SMILES string of the molecule is CCCCOC(=O)C12CC3CC(C(=O)O)(C1)CC(C(=O)OCCCC)(C3)C2. The smallest absolute Gasteiger partial charge is 0.312 e. The molecule has 0 heterocycles. The number of aliphatic carboxylic acids is 1. The summed E-state index contributed by atoms with van der Waals surface area (Å²) in [6.45, 7) is 4.77. The van der Waals surface area contributed by atoms with Crippen molar-refractivity contribution in [3.8, 4) is 0 Å². The van der Waals surface area contributed by atoms with E-state index in [9.17, 15) is 19.5 Å². The predicted octanol–water partition coefficient (Wildman–Crippen LogP) is 3.71. The number of hydrogen-bond acceptors (Lipinski definition) is 5. The van der Waals surface area contributed by atoms with E-state index in [1.54, 1.807) is 0 Å². The number of ether oxygens (including phenoxy) is 2. The monoisotopic (exact) mass is 380 g/mol. The number of carboxylic acids is 1. The molecule has 4 rings (SSSR count). The third kappa shape index (κ3) is 3.47. The second-order valence-electron chi connectivity index (χ2n) is 9.13. The Balaban J connectivity index is 1.87. The zero-order valence-corrected chi connectivity index (χ0v) is 16.6. The van der Waals surface area contributed by atoms with Gasteiger partial charge in [-0.3, -0.25) is 14.4 Å². The summed E-state index contributed by atoms with van der Waals surface area (Å²) in [6, 6.07) is 0. The number of carbonyl (C=O) groups excluding carboxylic acids is 2. The molecule has 2 unspecified atom stereocenters. The second-order valence-corrected chi connectivity index (χ2v) is 9.13. The maximum atomic E-state index is 13.0. The number of rotatable bonds is 9. The quantitative estimate of drug-likeness (QED) is 0.484. The molecule has 4 bridgehead atoms. The summed E-state index contributed by atoms with van der Waals surface area (Å²) >= 11 is 0. The van der Waals surface area contributed by atoms with Crippen LogP contribution in [0.1, 0.15) is 78.1 Å². The summed E-state index contributed by atoms with van der Waals surface area (Å²) in [5.74, 6) is -1.44. The first-order valence-corrected chi connectivity index (χ1v) is 10.4. The Kier molecular flexibility index (Phi) is 5.55. The van der Waals surface area contributed by atoms with E-state index >= 15 is 0 Å². The van der Waals surface area contributed by atoms with Crippen LogP contribution in [-0.2, 0) is 23.9 Å². The van der Waals surface area contributed by atoms with Gasteiger partial charge in [-0.2, -0.15) is 0 Å². The minimum Gasteiger partial charge on any atom is -0.481 e. The van der Waals surface area contributed by atoms with Crippen molar-refractivity contribution in [2.24, 2.45) is 22.2 Å². The standard InChI is InChI=1S/C21H32O6/c1-3-5-7-26-17(24)20-10-15-9-19(12-20,16(22)23)13-21(11-15,14-20)18(25)27-8-6-4-2/h15H,3-14H2,1-2H3,(H,22,23). The van der Waals surface area contributed by atoms with Crippen LogP contribution in [0.5, 0.6) is 0 Å². The third-order valence-electron chi connectivity index (χ3n) is 6.85. The molecule has 27 heavy (non-hydrogen) atoms. The van der Waals surface area contributed by atoms with Gasteiger partial charge < -0.3 is 14.6 Å². The van der Waals surface area contributed by atoms with Gasteiger partial charge >= 0.3 is 17.9 Å². The molecule has 6 heteroatoms. The lowest BCUT2D eigenvalue weighted by Crippen LogP contribution is -2.64. The molecule has 4 aliphatic carbocycles. The van der Waals surface area contributed by atoms with Crippen molar-refractivity contribution in [1.29, 1.82) is 0 Å². The first-order valence-electron chi connectivity index (χ1n) is 10.4. The molecule has 1 N–H and O–H groups in total. The van der Waals surface area contributed by atoms with Crippen LogP contribution < -0.4 is 0 Å². The van der Waals surface area contributed by atoms with Crippen LogP contribution in [0.25, 0.3) is 0 Å². The van der Waals surface area contributed by atoms with Gasteiger partial charge in [0.1, 0.15) is 0 Å². The van der Waals surface area contributed by atoms with Gasteiger partial charge in [-0.1, -0.05) is 26.7 Å². The van der Waals surface area contributed by atoms with E-state index in [0.717, 1.165) is 25.7 Å². The van der Waals surface area contributed by atoms with E-state index in [1.807, 2.05) is 13.8 Å². The van der Waals surface area contributed by atoms with Crippen molar-refractivity contribution in [2.45, 2.75) is 78.1 Å². The molecule has 4 fully saturated rings. The van der Waals surface area contributed by atoms with Crippen LogP contribution in [-0.4, -0.2) is 36.2 Å². The largest absolute Gasteiger partial charge is 0.481 e. The van der Waals surface area contributed by atoms with E-state index in [2.05, 4.69) is 0 Å². The maximum Gasteiger partial charge on any atom is 0.312 e. The fourth-order valence-corrected chi connectivity index (χ4v) is 6.06. The number of carbonyl (C=O) groups is 3. The molecular formula is C21H32O6. The Morgan fingerprint density at radius 3 is 1.63 bits per heavy atom. The van der Waals surface area contributed by atoms with Crippen LogP contribution >= 0.6 is 0 Å². The minimum atomic E-state index is -1.01. The molecule has 0 aliphatic heterocycles. The summed E-state index contributed by atoms with van der Waals surface area (Å²) in [7, 11) is 0. The highest BCUT2D eigenvalue weighted by Crippen LogP contribution is 2.70. The van der Waals surface area contributed by atoms with Gasteiger partial charge in [-0.05, 0) is 57.3 Å². The zero-order valence-electron chi connectivity index (χ0n) is 16.6. The van der Waals surface area contributed by atoms with Crippen molar-refractivity contribution in [3.05, 3.63) is 0 Å². The zero-order chi connectivity index (χ0) is 19.7. The van der Waals surface area contributed by atoms with Crippen molar-refractivity contribution in [3.63, 3.8) is 0 Å². The van der Waals surface area contributed by atoms with Crippen LogP contribution in [0, 0.1) is 22.2 Å². The van der Waals surface area contributed by atoms with Gasteiger partial charge in [0, 0.05) is 0 Å². The van der Waals surface area contributed by atoms with Crippen molar-refractivity contribution in [2.75, 3.05) is 13.2 Å². The fourth-order valence-electron chi connectivity index (χ4n) is 6.06. The van der Waals surface area contributed by atoms with Gasteiger partial charge in [-0.25, -0.2) is 0 Å². The number of unbranched alkanes of at least 4 members (excludes halogenated alkanes) is 2. The summed E-state index contributed by atoms with van der Waals surface area (Å²) in [5.41, 5.74) is -2.71. The van der Waals surface area contributed by atoms with Gasteiger partial charge in [0.15, 0.2) is 0 Å². The molecule has 4 saturated carbocycles. The third-order valence-corrected chi connectivity index (χ3v) is 6.85. The predicted molar refractivity (Wildman–Crippen MR) is 97.9 cm³/mol. The Bertz CT molecular complexity index is 574. The molecule has 0 aromatic heterocycles. The normalized spacial score (nSPS) is 36.4. The maximum absolute atomic E-state index is 13.0. The minimum absolute atomic E-state index is 0.0646. The average molecular weight is 380 g/mol. The van der Waals surface area contributed by atoms with E-state index in [-0.39, 0.29) is 17.9 Å². The van der Waals surface area contributed by atoms with Crippen molar-refractivity contribution < 1.29 is 29.0 Å². The lowest BCUT2D eigenvalue weighted by molar-refractivity contribution is -0.213. The molecule has 2 atom stereocenters. The second kappa shape index (κ2) is 7.44. The highest BCUT2D eigenvalue weighted by atomic mass is 16.5. The Morgan fingerprint density at radius 2 is 1.22 bits per heavy atom. The van der Waals surface area contributed by atoms with Gasteiger partial charge in [0.25, 0.3) is 0 Å². The summed E-state index contributed by atoms with van der Waals surface area (Å²) in [6.07, 6.45) is 6.22. The van der Waals surface area contributed by atoms with E-state index < -0.39 is 22.2 Å². The molecule has 152 valence electrons. The average Bonchev–Trinajstić information content (AvgIpc) is 2.60. The number of hydrogen-bond donors (Lipinski definition) is 1. The van der Waals surface area contributed by atoms with Gasteiger partial charge in [0.2, 0.25) is 0 Å². The van der Waals surface area contributed by atoms with Crippen molar-refractivity contribution in [1.82, 2.24) is 0 Å². The molecular weight excluding hydrogens is 348 g/mol. The molecule has 0 radical (unpaired) electrons. The first-order chi connectivity index (χ1) is 12.8. The number of esters is 2. The molecule has 0 amide bonds. The molecule has 0 spiro atoms. The Labute approximate surface area is 161 Å². The first kappa shape index (κ1) is 20.2. The Hall–Kier alpha value is -1.59. The summed E-state index contributed by atoms with van der Waals surface area (Å²) in [5, 5.41) is 10.00. The van der Waals surface area contributed by atoms with Gasteiger partial charge in [0.05, 0.1) is 29.5 Å². The van der Waals surface area contributed by atoms with Crippen LogP contribution in [0.4, 0.5) is 0 Å². The van der Waals surface area contributed by atoms with Crippen molar-refractivity contribution >= 4 is 17.9 Å². The Morgan fingerprint density at radius 1 is 0.815 bits per heavy atom. The van der Waals surface area contributed by atoms with Crippen LogP contribution in [0.2, 0.25) is 0 Å². The lowest BCUT2D eigenvalue weighted by Gasteiger charge is -2.62. The van der Waals surface area contributed by atoms with Crippen LogP contribution in [0.3, 0.4) is 0 Å². The molecule has 0 aromatic rings. The molecule has 4 aliphatic rings. The van der Waals surface area contributed by atoms with E-state index in [4.69, 9.17) is 9.47 Å². The fraction of sp³-hybridized carbons (Fsp3) is 0.857. The lowest BCUT2D eigenvalue weighted by atomic mass is 9.39. The highest BCUT2D eigenvalue weighted by Gasteiger charge is 2.71. The van der Waals surface area contributed by atoms with Crippen LogP contribution in [0.15, 0.2) is 0 Å². The highest BCUT2D eigenvalue weighted by molar-refractivity contribution is 5.87. The topological polar surface area (TPSA) is 89.9 Å². The van der Waals surface area contributed by atoms with Gasteiger partial charge in [-0.15, -0.1) is 0 Å². The summed E-state index contributed by atoms with van der Waals surface area (Å²) < 4.78 is 11.1. The van der Waals surface area contributed by atoms with E-state index in [1.165, 1.54) is 0 Å². The molecule has 0 aromatic carbocycles. The van der Waals surface area contributed by atoms with E-state index in [0.29, 0.717) is 51.7 Å².